The topological polar surface area (TPSA) is 108 Å². The average Bonchev–Trinajstić information content (AvgIpc) is 2.87. The van der Waals surface area contributed by atoms with Gasteiger partial charge < -0.3 is 21.5 Å². The number of primary amides is 1. The molecule has 1 aromatic heterocycles. The third kappa shape index (κ3) is 1.73. The van der Waals surface area contributed by atoms with Crippen LogP contribution in [0.3, 0.4) is 0 Å². The molecule has 4 unspecified atom stereocenters. The Labute approximate surface area is 111 Å². The highest BCUT2D eigenvalue weighted by Crippen LogP contribution is 2.39. The Morgan fingerprint density at radius 1 is 1.58 bits per heavy atom. The van der Waals surface area contributed by atoms with Gasteiger partial charge in [0.2, 0.25) is 0 Å². The summed E-state index contributed by atoms with van der Waals surface area (Å²) in [4.78, 5) is 11.5. The maximum atomic E-state index is 11.5. The van der Waals surface area contributed by atoms with E-state index in [0.717, 1.165) is 13.0 Å². The molecule has 1 amide bonds. The minimum atomic E-state index is -0.482. The third-order valence-corrected chi connectivity index (χ3v) is 4.22. The van der Waals surface area contributed by atoms with Gasteiger partial charge in [0.15, 0.2) is 0 Å². The predicted molar refractivity (Wildman–Crippen MR) is 69.7 cm³/mol. The minimum Gasteiger partial charge on any atom is -0.376 e. The van der Waals surface area contributed by atoms with Crippen molar-refractivity contribution in [3.05, 3.63) is 11.3 Å². The summed E-state index contributed by atoms with van der Waals surface area (Å²) < 4.78 is 7.30. The third-order valence-electron chi connectivity index (χ3n) is 4.22. The number of fused-ring (bicyclic) bond motifs is 1. The van der Waals surface area contributed by atoms with Gasteiger partial charge in [-0.1, -0.05) is 0 Å². The molecule has 19 heavy (non-hydrogen) atoms. The lowest BCUT2D eigenvalue weighted by molar-refractivity contribution is 0.00510. The molecule has 3 rings (SSSR count). The molecule has 1 saturated carbocycles. The van der Waals surface area contributed by atoms with Gasteiger partial charge in [0.1, 0.15) is 11.4 Å². The maximum absolute atomic E-state index is 11.5. The van der Waals surface area contributed by atoms with Crippen molar-refractivity contribution in [2.24, 2.45) is 24.4 Å². The first-order valence-corrected chi connectivity index (χ1v) is 6.48. The van der Waals surface area contributed by atoms with E-state index in [-0.39, 0.29) is 18.2 Å². The van der Waals surface area contributed by atoms with Gasteiger partial charge in [-0.3, -0.25) is 9.48 Å². The number of aryl methyl sites for hydroxylation is 2. The Bertz CT molecular complexity index is 526. The largest absolute Gasteiger partial charge is 0.376 e. The molecule has 5 N–H and O–H groups in total. The van der Waals surface area contributed by atoms with Crippen molar-refractivity contribution in [1.82, 2.24) is 9.78 Å². The number of nitrogens with zero attached hydrogens (tertiary/aromatic N) is 2. The van der Waals surface area contributed by atoms with Crippen LogP contribution >= 0.6 is 0 Å². The first-order chi connectivity index (χ1) is 9.00. The van der Waals surface area contributed by atoms with Crippen molar-refractivity contribution in [2.75, 3.05) is 11.9 Å². The number of nitrogens with two attached hydrogens (primary N) is 2. The number of ether oxygens (including phenoxy) is 1. The van der Waals surface area contributed by atoms with E-state index in [9.17, 15) is 4.79 Å². The second-order valence-corrected chi connectivity index (χ2v) is 5.33. The van der Waals surface area contributed by atoms with Crippen molar-refractivity contribution in [3.8, 4) is 0 Å². The van der Waals surface area contributed by atoms with E-state index >= 15 is 0 Å². The molecule has 2 heterocycles. The molecule has 0 radical (unpaired) electrons. The van der Waals surface area contributed by atoms with Crippen LogP contribution in [0.15, 0.2) is 0 Å². The summed E-state index contributed by atoms with van der Waals surface area (Å²) in [6.07, 6.45) is 1.14. The number of hydrogen-bond acceptors (Lipinski definition) is 5. The van der Waals surface area contributed by atoms with E-state index in [2.05, 4.69) is 10.4 Å². The van der Waals surface area contributed by atoms with Gasteiger partial charge in [-0.05, 0) is 13.3 Å². The maximum Gasteiger partial charge on any atom is 0.254 e. The van der Waals surface area contributed by atoms with Crippen LogP contribution in [0.5, 0.6) is 0 Å². The van der Waals surface area contributed by atoms with E-state index in [0.29, 0.717) is 23.0 Å². The average molecular weight is 265 g/mol. The van der Waals surface area contributed by atoms with Gasteiger partial charge in [-0.2, -0.15) is 5.10 Å². The summed E-state index contributed by atoms with van der Waals surface area (Å²) >= 11 is 0. The van der Waals surface area contributed by atoms with E-state index in [4.69, 9.17) is 16.2 Å². The van der Waals surface area contributed by atoms with Crippen molar-refractivity contribution >= 4 is 11.7 Å². The highest BCUT2D eigenvalue weighted by molar-refractivity contribution is 5.99. The number of hydrogen-bond donors (Lipinski definition) is 3. The van der Waals surface area contributed by atoms with Crippen molar-refractivity contribution in [2.45, 2.75) is 31.5 Å². The molecule has 4 atom stereocenters. The zero-order valence-corrected chi connectivity index (χ0v) is 11.1. The van der Waals surface area contributed by atoms with Gasteiger partial charge in [0.25, 0.3) is 5.91 Å². The van der Waals surface area contributed by atoms with Crippen LogP contribution in [0.1, 0.15) is 22.5 Å². The molecule has 2 aliphatic rings. The number of amides is 1. The number of nitrogens with one attached hydrogen (secondary N) is 1. The summed E-state index contributed by atoms with van der Waals surface area (Å²) in [6, 6.07) is 0.0591. The zero-order valence-electron chi connectivity index (χ0n) is 11.1. The van der Waals surface area contributed by atoms with E-state index in [1.165, 1.54) is 0 Å². The van der Waals surface area contributed by atoms with Crippen molar-refractivity contribution in [1.29, 1.82) is 0 Å². The van der Waals surface area contributed by atoms with Crippen LogP contribution < -0.4 is 16.8 Å². The number of carbonyl (C=O) groups is 1. The van der Waals surface area contributed by atoms with E-state index in [1.807, 2.05) is 0 Å². The fourth-order valence-electron chi connectivity index (χ4n) is 3.20. The SMILES string of the molecule is Cc1nn(C)c(NC2C(N)C3CCOC32)c1C(N)=O. The van der Waals surface area contributed by atoms with Gasteiger partial charge in [0.05, 0.1) is 17.8 Å². The second-order valence-electron chi connectivity index (χ2n) is 5.33. The first kappa shape index (κ1) is 12.4. The monoisotopic (exact) mass is 265 g/mol. The van der Waals surface area contributed by atoms with Crippen LogP contribution in [0.4, 0.5) is 5.82 Å². The quantitative estimate of drug-likeness (QED) is 0.673. The van der Waals surface area contributed by atoms with Crippen LogP contribution in [0.2, 0.25) is 0 Å². The molecular formula is C12H19N5O2. The molecular weight excluding hydrogens is 246 g/mol. The number of carbonyl (C=O) groups excluding carboxylic acids is 1. The summed E-state index contributed by atoms with van der Waals surface area (Å²) in [5.41, 5.74) is 12.6. The Kier molecular flexibility index (Phi) is 2.75. The standard InChI is InChI=1S/C12H19N5O2/c1-5-7(11(14)18)12(17(2)16-5)15-9-8(13)6-3-4-19-10(6)9/h6,8-10,15H,3-4,13H2,1-2H3,(H2,14,18). The van der Waals surface area contributed by atoms with Gasteiger partial charge in [0, 0.05) is 25.6 Å². The summed E-state index contributed by atoms with van der Waals surface area (Å²) in [5.74, 6) is 0.563. The molecule has 1 aliphatic heterocycles. The minimum absolute atomic E-state index is 0.0143. The number of rotatable bonds is 3. The molecule has 2 fully saturated rings. The van der Waals surface area contributed by atoms with Crippen LogP contribution in [0.25, 0.3) is 0 Å². The Morgan fingerprint density at radius 2 is 2.32 bits per heavy atom. The lowest BCUT2D eigenvalue weighted by atomic mass is 9.72. The van der Waals surface area contributed by atoms with Crippen molar-refractivity contribution < 1.29 is 9.53 Å². The predicted octanol–water partition coefficient (Wildman–Crippen LogP) is -0.646. The van der Waals surface area contributed by atoms with Gasteiger partial charge in [-0.25, -0.2) is 0 Å². The summed E-state index contributed by atoms with van der Waals surface area (Å²) in [6.45, 7) is 2.52. The molecule has 1 saturated heterocycles. The molecule has 104 valence electrons. The molecule has 1 aromatic rings. The smallest absolute Gasteiger partial charge is 0.254 e. The molecule has 1 aliphatic carbocycles. The zero-order chi connectivity index (χ0) is 13.7. The van der Waals surface area contributed by atoms with Crippen LogP contribution in [0, 0.1) is 12.8 Å². The fraction of sp³-hybridized carbons (Fsp3) is 0.667. The molecule has 0 spiro atoms. The molecule has 0 aromatic carbocycles. The number of anilines is 1. The Morgan fingerprint density at radius 3 is 3.00 bits per heavy atom. The van der Waals surface area contributed by atoms with Crippen LogP contribution in [-0.2, 0) is 11.8 Å². The molecule has 7 heteroatoms. The Balaban J connectivity index is 1.86. The summed E-state index contributed by atoms with van der Waals surface area (Å²) in [7, 11) is 1.78. The van der Waals surface area contributed by atoms with E-state index < -0.39 is 5.91 Å². The van der Waals surface area contributed by atoms with Gasteiger partial charge in [-0.15, -0.1) is 0 Å². The highest BCUT2D eigenvalue weighted by Gasteiger charge is 2.52. The normalized spacial score (nSPS) is 32.8. The van der Waals surface area contributed by atoms with Crippen LogP contribution in [-0.4, -0.2) is 40.5 Å². The molecule has 0 bridgehead atoms. The fourth-order valence-corrected chi connectivity index (χ4v) is 3.20. The van der Waals surface area contributed by atoms with Crippen molar-refractivity contribution in [3.63, 3.8) is 0 Å². The first-order valence-electron chi connectivity index (χ1n) is 6.48. The lowest BCUT2D eigenvalue weighted by Gasteiger charge is -2.46. The van der Waals surface area contributed by atoms with E-state index in [1.54, 1.807) is 18.7 Å². The highest BCUT2D eigenvalue weighted by atomic mass is 16.5. The van der Waals surface area contributed by atoms with Gasteiger partial charge >= 0.3 is 0 Å². The lowest BCUT2D eigenvalue weighted by Crippen LogP contribution is -2.65. The summed E-state index contributed by atoms with van der Waals surface area (Å²) in [5, 5.41) is 7.51. The number of aromatic nitrogens is 2. The molecule has 7 nitrogen and oxygen atoms in total. The Hall–Kier alpha value is -1.60. The second kappa shape index (κ2) is 4.21.